The van der Waals surface area contributed by atoms with Crippen molar-refractivity contribution in [2.24, 2.45) is 0 Å². The van der Waals surface area contributed by atoms with Gasteiger partial charge in [0.05, 0.1) is 22.2 Å². The Hall–Kier alpha value is -3.25. The zero-order chi connectivity index (χ0) is 37.6. The molecule has 0 spiro atoms. The molecule has 0 saturated carbocycles. The van der Waals surface area contributed by atoms with Crippen molar-refractivity contribution in [3.8, 4) is 0 Å². The molecular formula is C35H44BBr2F3N4O6. The number of nitrogens with zero attached hydrogens (tertiary/aromatic N) is 2. The van der Waals surface area contributed by atoms with Gasteiger partial charge in [-0.15, -0.1) is 0 Å². The van der Waals surface area contributed by atoms with E-state index in [1.54, 1.807) is 33.5 Å². The summed E-state index contributed by atoms with van der Waals surface area (Å²) < 4.78 is 61.9. The van der Waals surface area contributed by atoms with Crippen molar-refractivity contribution in [1.29, 1.82) is 0 Å². The molecule has 3 aromatic carbocycles. The molecule has 0 aliphatic carbocycles. The van der Waals surface area contributed by atoms with Crippen molar-refractivity contribution in [1.82, 2.24) is 14.9 Å². The lowest BCUT2D eigenvalue weighted by Crippen LogP contribution is -2.41. The Bertz CT molecular complexity index is 1900. The number of benzene rings is 3. The van der Waals surface area contributed by atoms with Gasteiger partial charge in [-0.25, -0.2) is 13.2 Å². The molecule has 1 aliphatic heterocycles. The molecule has 6 rings (SSSR count). The number of ether oxygens (including phenoxy) is 2. The number of fused-ring (bicyclic) bond motifs is 2. The number of rotatable bonds is 5. The van der Waals surface area contributed by atoms with Gasteiger partial charge in [0, 0.05) is 57.5 Å². The van der Waals surface area contributed by atoms with E-state index < -0.39 is 29.1 Å². The van der Waals surface area contributed by atoms with E-state index in [1.807, 2.05) is 58.8 Å². The molecule has 0 atom stereocenters. The van der Waals surface area contributed by atoms with Crippen molar-refractivity contribution in [3.63, 3.8) is 0 Å². The molecule has 51 heavy (non-hydrogen) atoms. The molecule has 1 saturated heterocycles. The maximum Gasteiger partial charge on any atom is 0.495 e. The van der Waals surface area contributed by atoms with Gasteiger partial charge in [0.1, 0.15) is 17.5 Å². The van der Waals surface area contributed by atoms with Gasteiger partial charge in [-0.2, -0.15) is 0 Å². The summed E-state index contributed by atoms with van der Waals surface area (Å²) in [5.74, 6) is -1.13. The Morgan fingerprint density at radius 1 is 0.824 bits per heavy atom. The van der Waals surface area contributed by atoms with Crippen molar-refractivity contribution in [3.05, 3.63) is 103 Å². The van der Waals surface area contributed by atoms with Crippen LogP contribution in [-0.2, 0) is 18.8 Å². The van der Waals surface area contributed by atoms with Crippen LogP contribution in [0.2, 0.25) is 0 Å². The maximum absolute atomic E-state index is 13.7. The third kappa shape index (κ3) is 11.1. The summed E-state index contributed by atoms with van der Waals surface area (Å²) in [6.07, 6.45) is 3.36. The molecule has 16 heteroatoms. The van der Waals surface area contributed by atoms with Crippen LogP contribution in [0.1, 0.15) is 40.7 Å². The highest BCUT2D eigenvalue weighted by atomic mass is 79.9. The SMILES string of the molecule is C.CC1(C)OB(c2cc(F)cc3[nH]ccc23)OC1(C)C.COC(OC)N(C)C.Cc1c(Br)cc(F)cc1[N+](=O)[O-].Fc1cc(Br)c2cc[nH]c2c1. The van der Waals surface area contributed by atoms with E-state index in [-0.39, 0.29) is 31.2 Å². The van der Waals surface area contributed by atoms with Gasteiger partial charge in [-0.3, -0.25) is 15.0 Å². The third-order valence-corrected chi connectivity index (χ3v) is 9.54. The van der Waals surface area contributed by atoms with Crippen LogP contribution in [0.4, 0.5) is 18.9 Å². The number of nitro groups is 1. The first kappa shape index (κ1) is 43.9. The van der Waals surface area contributed by atoms with Crippen LogP contribution >= 0.6 is 31.9 Å². The molecule has 2 N–H and O–H groups in total. The fraction of sp³-hybridized carbons (Fsp3) is 0.371. The van der Waals surface area contributed by atoms with E-state index in [4.69, 9.17) is 18.8 Å². The predicted molar refractivity (Wildman–Crippen MR) is 204 cm³/mol. The molecule has 10 nitrogen and oxygen atoms in total. The summed E-state index contributed by atoms with van der Waals surface area (Å²) >= 11 is 6.29. The Labute approximate surface area is 313 Å². The fourth-order valence-electron chi connectivity index (χ4n) is 4.75. The van der Waals surface area contributed by atoms with E-state index in [1.165, 1.54) is 30.3 Å². The van der Waals surface area contributed by atoms with Gasteiger partial charge in [0.25, 0.3) is 5.69 Å². The Kier molecular flexibility index (Phi) is 15.9. The molecule has 1 fully saturated rings. The molecule has 3 heterocycles. The van der Waals surface area contributed by atoms with Crippen LogP contribution < -0.4 is 5.46 Å². The standard InChI is InChI=1S/C14H17BFNO2.C8H5BrFN.C7H5BrFNO2.C5H13NO2.CH4/c1-13(2)14(3,4)19-15(18-13)11-7-9(16)8-12-10(11)5-6-17-12;9-7-3-5(10)4-8-6(7)1-2-11-8;1-4-6(8)2-5(9)3-7(4)10(11)12;1-6(2)5(7-3)8-4;/h5-8,17H,1-4H3;1-4,11H;2-3H,1H3;5H,1-4H3;1H4. The minimum atomic E-state index is -0.612. The van der Waals surface area contributed by atoms with Crippen LogP contribution in [0.25, 0.3) is 21.8 Å². The molecule has 0 radical (unpaired) electrons. The van der Waals surface area contributed by atoms with E-state index in [9.17, 15) is 23.3 Å². The van der Waals surface area contributed by atoms with Crippen LogP contribution in [0, 0.1) is 34.5 Å². The van der Waals surface area contributed by atoms with E-state index >= 15 is 0 Å². The lowest BCUT2D eigenvalue weighted by Gasteiger charge is -2.32. The minimum Gasteiger partial charge on any atom is -0.399 e. The van der Waals surface area contributed by atoms with E-state index in [0.717, 1.165) is 37.8 Å². The van der Waals surface area contributed by atoms with Gasteiger partial charge in [-0.1, -0.05) is 23.4 Å². The molecule has 0 bridgehead atoms. The zero-order valence-electron chi connectivity index (χ0n) is 29.2. The van der Waals surface area contributed by atoms with Crippen LogP contribution in [0.3, 0.4) is 0 Å². The van der Waals surface area contributed by atoms with Crippen molar-refractivity contribution in [2.45, 2.75) is 59.7 Å². The predicted octanol–water partition coefficient (Wildman–Crippen LogP) is 9.24. The normalized spacial score (nSPS) is 14.3. The van der Waals surface area contributed by atoms with Gasteiger partial charge in [0.2, 0.25) is 6.41 Å². The molecule has 1 aliphatic rings. The largest absolute Gasteiger partial charge is 0.495 e. The number of methoxy groups -OCH3 is 2. The highest BCUT2D eigenvalue weighted by molar-refractivity contribution is 9.11. The van der Waals surface area contributed by atoms with Gasteiger partial charge < -0.3 is 28.8 Å². The van der Waals surface area contributed by atoms with Crippen LogP contribution in [0.15, 0.2) is 69.9 Å². The topological polar surface area (TPSA) is 115 Å². The summed E-state index contributed by atoms with van der Waals surface area (Å²) in [5.41, 5.74) is 1.68. The fourth-order valence-corrected chi connectivity index (χ4v) is 5.74. The lowest BCUT2D eigenvalue weighted by atomic mass is 9.77. The third-order valence-electron chi connectivity index (χ3n) is 8.06. The molecule has 0 unspecified atom stereocenters. The number of hydrogen-bond acceptors (Lipinski definition) is 7. The highest BCUT2D eigenvalue weighted by Gasteiger charge is 2.52. The van der Waals surface area contributed by atoms with E-state index in [2.05, 4.69) is 41.8 Å². The summed E-state index contributed by atoms with van der Waals surface area (Å²) in [6, 6.07) is 11.8. The molecule has 0 amide bonds. The second kappa shape index (κ2) is 18.5. The number of halogens is 5. The van der Waals surface area contributed by atoms with Crippen molar-refractivity contribution in [2.75, 3.05) is 28.3 Å². The first-order chi connectivity index (χ1) is 23.3. The van der Waals surface area contributed by atoms with E-state index in [0.29, 0.717) is 10.0 Å². The Balaban J connectivity index is 0.000000247. The zero-order valence-corrected chi connectivity index (χ0v) is 32.3. The number of aromatic amines is 2. The Morgan fingerprint density at radius 2 is 1.27 bits per heavy atom. The number of H-pyrrole nitrogens is 2. The Morgan fingerprint density at radius 3 is 1.75 bits per heavy atom. The lowest BCUT2D eigenvalue weighted by molar-refractivity contribution is -0.385. The van der Waals surface area contributed by atoms with Crippen molar-refractivity contribution < 1.29 is 36.9 Å². The maximum atomic E-state index is 13.7. The molecule has 2 aromatic heterocycles. The summed E-state index contributed by atoms with van der Waals surface area (Å²) in [6.45, 7) is 9.50. The van der Waals surface area contributed by atoms with Gasteiger partial charge in [-0.05, 0) is 118 Å². The molecule has 5 aromatic rings. The average Bonchev–Trinajstić information content (AvgIpc) is 3.73. The van der Waals surface area contributed by atoms with Crippen molar-refractivity contribution >= 4 is 71.9 Å². The summed E-state index contributed by atoms with van der Waals surface area (Å²) in [4.78, 5) is 17.5. The number of nitro benzene ring substituents is 1. The average molecular weight is 844 g/mol. The van der Waals surface area contributed by atoms with Crippen LogP contribution in [0.5, 0.6) is 0 Å². The highest BCUT2D eigenvalue weighted by Crippen LogP contribution is 2.37. The van der Waals surface area contributed by atoms with Crippen LogP contribution in [-0.4, -0.2) is 72.8 Å². The quantitative estimate of drug-likeness (QED) is 0.0785. The molecular weight excluding hydrogens is 800 g/mol. The first-order valence-electron chi connectivity index (χ1n) is 15.2. The monoisotopic (exact) mass is 842 g/mol. The summed E-state index contributed by atoms with van der Waals surface area (Å²) in [5, 5.41) is 12.3. The first-order valence-corrected chi connectivity index (χ1v) is 16.8. The molecule has 278 valence electrons. The summed E-state index contributed by atoms with van der Waals surface area (Å²) in [7, 11) is 6.44. The second-order valence-corrected chi connectivity index (χ2v) is 14.1. The number of hydrogen-bond donors (Lipinski definition) is 2. The minimum absolute atomic E-state index is 0. The number of aromatic nitrogens is 2. The van der Waals surface area contributed by atoms with Gasteiger partial charge in [0.15, 0.2) is 0 Å². The number of nitrogens with one attached hydrogen (secondary N) is 2. The smallest absolute Gasteiger partial charge is 0.399 e. The second-order valence-electron chi connectivity index (χ2n) is 12.4. The van der Waals surface area contributed by atoms with Gasteiger partial charge >= 0.3 is 7.12 Å².